The van der Waals surface area contributed by atoms with E-state index in [4.69, 9.17) is 0 Å². The van der Waals surface area contributed by atoms with Crippen LogP contribution in [0.5, 0.6) is 0 Å². The van der Waals surface area contributed by atoms with E-state index < -0.39 is 15.3 Å². The second-order valence-electron chi connectivity index (χ2n) is 3.08. The lowest BCUT2D eigenvalue weighted by Gasteiger charge is -2.12. The Balaban J connectivity index is 2.96. The molecular weight excluding hydrogens is 202 g/mol. The van der Waals surface area contributed by atoms with Crippen molar-refractivity contribution in [2.45, 2.75) is 19.1 Å². The number of hydrogen-bond acceptors (Lipinski definition) is 3. The standard InChI is InChI=1S/C8H15N3O2S/c1-4-10-14(12,13)7(2)8-9-5-6-11(8)3/h5-7,10H,4H2,1-3H3/t7-/m1/s1. The monoisotopic (exact) mass is 217 g/mol. The molecule has 14 heavy (non-hydrogen) atoms. The predicted molar refractivity (Wildman–Crippen MR) is 54.2 cm³/mol. The van der Waals surface area contributed by atoms with Crippen LogP contribution in [0, 0.1) is 0 Å². The van der Waals surface area contributed by atoms with Gasteiger partial charge in [-0.15, -0.1) is 0 Å². The van der Waals surface area contributed by atoms with Crippen LogP contribution in [0.1, 0.15) is 24.9 Å². The van der Waals surface area contributed by atoms with Gasteiger partial charge >= 0.3 is 0 Å². The van der Waals surface area contributed by atoms with Crippen molar-refractivity contribution in [2.24, 2.45) is 7.05 Å². The van der Waals surface area contributed by atoms with Crippen molar-refractivity contribution in [3.05, 3.63) is 18.2 Å². The maximum Gasteiger partial charge on any atom is 0.221 e. The van der Waals surface area contributed by atoms with E-state index in [1.807, 2.05) is 0 Å². The Morgan fingerprint density at radius 3 is 2.71 bits per heavy atom. The number of aromatic nitrogens is 2. The van der Waals surface area contributed by atoms with Crippen LogP contribution in [0.25, 0.3) is 0 Å². The summed E-state index contributed by atoms with van der Waals surface area (Å²) in [5.74, 6) is 0.547. The molecular formula is C8H15N3O2S. The van der Waals surface area contributed by atoms with Gasteiger partial charge in [0.15, 0.2) is 0 Å². The molecule has 0 spiro atoms. The quantitative estimate of drug-likeness (QED) is 0.795. The summed E-state index contributed by atoms with van der Waals surface area (Å²) in [5, 5.41) is -0.623. The van der Waals surface area contributed by atoms with E-state index in [0.29, 0.717) is 12.4 Å². The molecule has 0 fully saturated rings. The number of hydrogen-bond donors (Lipinski definition) is 1. The zero-order chi connectivity index (χ0) is 10.8. The molecule has 6 heteroatoms. The van der Waals surface area contributed by atoms with Crippen LogP contribution in [0.2, 0.25) is 0 Å². The van der Waals surface area contributed by atoms with Crippen molar-refractivity contribution in [1.82, 2.24) is 14.3 Å². The fourth-order valence-electron chi connectivity index (χ4n) is 1.23. The molecule has 1 aromatic rings. The molecule has 0 bridgehead atoms. The second kappa shape index (κ2) is 4.10. The van der Waals surface area contributed by atoms with E-state index in [9.17, 15) is 8.42 Å². The first-order valence-electron chi connectivity index (χ1n) is 4.44. The largest absolute Gasteiger partial charge is 0.337 e. The third kappa shape index (κ3) is 2.13. The SMILES string of the molecule is CCNS(=O)(=O)[C@H](C)c1nccn1C. The molecule has 1 rings (SSSR count). The van der Waals surface area contributed by atoms with Crippen molar-refractivity contribution in [2.75, 3.05) is 6.54 Å². The van der Waals surface area contributed by atoms with Crippen LogP contribution < -0.4 is 4.72 Å². The van der Waals surface area contributed by atoms with Gasteiger partial charge in [-0.05, 0) is 6.92 Å². The third-order valence-electron chi connectivity index (χ3n) is 2.03. The molecule has 80 valence electrons. The van der Waals surface area contributed by atoms with Crippen molar-refractivity contribution < 1.29 is 8.42 Å². The second-order valence-corrected chi connectivity index (χ2v) is 5.17. The first-order valence-corrected chi connectivity index (χ1v) is 5.99. The Kier molecular flexibility index (Phi) is 3.28. The highest BCUT2D eigenvalue weighted by atomic mass is 32.2. The summed E-state index contributed by atoms with van der Waals surface area (Å²) in [7, 11) is -1.51. The summed E-state index contributed by atoms with van der Waals surface area (Å²) >= 11 is 0. The Bertz CT molecular complexity index is 396. The van der Waals surface area contributed by atoms with E-state index in [-0.39, 0.29) is 0 Å². The lowest BCUT2D eigenvalue weighted by Crippen LogP contribution is -2.28. The van der Waals surface area contributed by atoms with E-state index in [1.54, 1.807) is 37.9 Å². The van der Waals surface area contributed by atoms with Gasteiger partial charge in [0.1, 0.15) is 11.1 Å². The lowest BCUT2D eigenvalue weighted by molar-refractivity contribution is 0.567. The van der Waals surface area contributed by atoms with Crippen LogP contribution in [0.15, 0.2) is 12.4 Å². The number of sulfonamides is 1. The normalized spacial score (nSPS) is 14.2. The molecule has 0 saturated heterocycles. The van der Waals surface area contributed by atoms with Crippen molar-refractivity contribution in [3.8, 4) is 0 Å². The molecule has 0 amide bonds. The maximum atomic E-state index is 11.6. The highest BCUT2D eigenvalue weighted by molar-refractivity contribution is 7.89. The minimum Gasteiger partial charge on any atom is -0.337 e. The summed E-state index contributed by atoms with van der Waals surface area (Å²) in [6.07, 6.45) is 3.32. The average Bonchev–Trinajstić information content (AvgIpc) is 2.50. The molecule has 5 nitrogen and oxygen atoms in total. The average molecular weight is 217 g/mol. The first kappa shape index (κ1) is 11.2. The molecule has 0 unspecified atom stereocenters. The fourth-order valence-corrected chi connectivity index (χ4v) is 2.39. The molecule has 1 heterocycles. The summed E-state index contributed by atoms with van der Waals surface area (Å²) in [5.41, 5.74) is 0. The third-order valence-corrected chi connectivity index (χ3v) is 3.87. The molecule has 0 aliphatic heterocycles. The van der Waals surface area contributed by atoms with Gasteiger partial charge in [0.05, 0.1) is 0 Å². The molecule has 1 atom stereocenters. The van der Waals surface area contributed by atoms with Gasteiger partial charge in [0.25, 0.3) is 0 Å². The minimum absolute atomic E-state index is 0.400. The van der Waals surface area contributed by atoms with Crippen molar-refractivity contribution in [1.29, 1.82) is 0 Å². The summed E-state index contributed by atoms with van der Waals surface area (Å²) in [6, 6.07) is 0. The highest BCUT2D eigenvalue weighted by Gasteiger charge is 2.24. The van der Waals surface area contributed by atoms with E-state index in [0.717, 1.165) is 0 Å². The zero-order valence-corrected chi connectivity index (χ0v) is 9.37. The molecule has 0 radical (unpaired) electrons. The molecule has 1 aromatic heterocycles. The first-order chi connectivity index (χ1) is 6.49. The number of nitrogens with zero attached hydrogens (tertiary/aromatic N) is 2. The van der Waals surface area contributed by atoms with Gasteiger partial charge < -0.3 is 4.57 Å². The fraction of sp³-hybridized carbons (Fsp3) is 0.625. The van der Waals surface area contributed by atoms with Crippen LogP contribution in [-0.4, -0.2) is 24.5 Å². The van der Waals surface area contributed by atoms with Gasteiger partial charge in [-0.2, -0.15) is 0 Å². The highest BCUT2D eigenvalue weighted by Crippen LogP contribution is 2.17. The van der Waals surface area contributed by atoms with E-state index in [1.165, 1.54) is 0 Å². The number of aryl methyl sites for hydroxylation is 1. The van der Waals surface area contributed by atoms with E-state index in [2.05, 4.69) is 9.71 Å². The van der Waals surface area contributed by atoms with Crippen LogP contribution in [0.3, 0.4) is 0 Å². The molecule has 0 aromatic carbocycles. The number of imidazole rings is 1. The summed E-state index contributed by atoms with van der Waals surface area (Å²) in [6.45, 7) is 3.78. The predicted octanol–water partition coefficient (Wildman–Crippen LogP) is 0.420. The minimum atomic E-state index is -3.29. The van der Waals surface area contributed by atoms with Crippen LogP contribution >= 0.6 is 0 Å². The van der Waals surface area contributed by atoms with E-state index >= 15 is 0 Å². The number of nitrogens with one attached hydrogen (secondary N) is 1. The van der Waals surface area contributed by atoms with Gasteiger partial charge in [0, 0.05) is 26.0 Å². The summed E-state index contributed by atoms with van der Waals surface area (Å²) in [4.78, 5) is 4.01. The Morgan fingerprint density at radius 1 is 1.64 bits per heavy atom. The van der Waals surface area contributed by atoms with Crippen LogP contribution in [0.4, 0.5) is 0 Å². The zero-order valence-electron chi connectivity index (χ0n) is 8.56. The Morgan fingerprint density at radius 2 is 2.29 bits per heavy atom. The molecule has 0 saturated carbocycles. The molecule has 1 N–H and O–H groups in total. The molecule has 0 aliphatic carbocycles. The Hall–Kier alpha value is -0.880. The number of rotatable bonds is 4. The maximum absolute atomic E-state index is 11.6. The lowest BCUT2D eigenvalue weighted by atomic mass is 10.4. The van der Waals surface area contributed by atoms with Gasteiger partial charge in [-0.25, -0.2) is 18.1 Å². The Labute approximate surface area is 84.2 Å². The van der Waals surface area contributed by atoms with Gasteiger partial charge in [-0.3, -0.25) is 0 Å². The van der Waals surface area contributed by atoms with Crippen LogP contribution in [-0.2, 0) is 17.1 Å². The topological polar surface area (TPSA) is 64.0 Å². The molecule has 0 aliphatic rings. The van der Waals surface area contributed by atoms with Gasteiger partial charge in [-0.1, -0.05) is 6.92 Å². The summed E-state index contributed by atoms with van der Waals surface area (Å²) < 4.78 is 27.4. The van der Waals surface area contributed by atoms with Crippen molar-refractivity contribution >= 4 is 10.0 Å². The smallest absolute Gasteiger partial charge is 0.221 e. The van der Waals surface area contributed by atoms with Crippen molar-refractivity contribution in [3.63, 3.8) is 0 Å². The van der Waals surface area contributed by atoms with Gasteiger partial charge in [0.2, 0.25) is 10.0 Å².